The van der Waals surface area contributed by atoms with Crippen LogP contribution in [0, 0.1) is 0 Å². The van der Waals surface area contributed by atoms with Gasteiger partial charge < -0.3 is 1.43 Å². The molecular weight excluding hydrogens is 79.0 g/mol. The predicted octanol–water partition coefficient (Wildman–Crippen LogP) is -0.477. The van der Waals surface area contributed by atoms with Crippen molar-refractivity contribution in [3.8, 4) is 0 Å². The predicted molar refractivity (Wildman–Crippen MR) is 34.9 cm³/mol. The van der Waals surface area contributed by atoms with Crippen molar-refractivity contribution >= 4 is 0 Å². The average molecular weight is 92.1 g/mol. The first-order valence-electron chi connectivity index (χ1n) is 1.50. The molecule has 0 aliphatic heterocycles. The second kappa shape index (κ2) is 4050. The van der Waals surface area contributed by atoms with Gasteiger partial charge in [0.25, 0.3) is 0 Å². The Labute approximate surface area is 60.3 Å². The van der Waals surface area contributed by atoms with E-state index in [1.807, 2.05) is 0 Å². The van der Waals surface area contributed by atoms with Crippen LogP contribution in [0.25, 0.3) is 0 Å². The van der Waals surface area contributed by atoms with Crippen molar-refractivity contribution in [3.63, 3.8) is 0 Å². The number of rotatable bonds is 0. The van der Waals surface area contributed by atoms with Crippen molar-refractivity contribution in [1.29, 1.82) is 0 Å². The van der Waals surface area contributed by atoms with Gasteiger partial charge in [-0.1, -0.05) is 0 Å². The molecule has 0 radical (unpaired) electrons. The minimum absolute atomic E-state index is 0. The van der Waals surface area contributed by atoms with E-state index in [-0.39, 0.29) is 20.3 Å². The molecule has 7 heavy (non-hydrogen) atoms. The van der Waals surface area contributed by atoms with Crippen molar-refractivity contribution in [2.24, 2.45) is 0 Å². The van der Waals surface area contributed by atoms with E-state index < -0.39 is 0 Å². The third kappa shape index (κ3) is 2540. The fourth-order valence-corrected chi connectivity index (χ4v) is 0. The second-order valence-electron chi connectivity index (χ2n) is 0. The molecule has 0 heterocycles. The molecule has 0 aliphatic rings. The Hall–Kier alpha value is -0.183. The molecule has 0 spiro atoms. The van der Waals surface area contributed by atoms with E-state index in [2.05, 4.69) is 39.5 Å². The van der Waals surface area contributed by atoms with Gasteiger partial charge in [-0.05, 0) is 0 Å². The Morgan fingerprint density at radius 1 is 0.571 bits per heavy atom. The smallest absolute Gasteiger partial charge is 1.00 e. The van der Waals surface area contributed by atoms with E-state index in [1.165, 1.54) is 0 Å². The molecule has 0 aromatic heterocycles. The molecule has 0 bridgehead atoms. The van der Waals surface area contributed by atoms with Gasteiger partial charge in [-0.15, -0.1) is 39.5 Å². The first-order chi connectivity index (χ1) is 3.00. The maximum atomic E-state index is 3.00. The van der Waals surface area contributed by atoms with Gasteiger partial charge in [-0.25, -0.2) is 0 Å². The Balaban J connectivity index is -0.00000000500. The molecule has 1 heteroatoms. The van der Waals surface area contributed by atoms with Crippen molar-refractivity contribution in [2.45, 2.75) is 0 Å². The molecule has 0 unspecified atom stereocenters. The summed E-state index contributed by atoms with van der Waals surface area (Å²) in [5, 5.41) is 0. The molecule has 0 fully saturated rings. The molecule has 0 nitrogen and oxygen atoms in total. The third-order valence-corrected chi connectivity index (χ3v) is 0. The molecule has 0 atom stereocenters. The van der Waals surface area contributed by atoms with Gasteiger partial charge in [0.05, 0.1) is 0 Å². The van der Waals surface area contributed by atoms with Gasteiger partial charge in [0.1, 0.15) is 0 Å². The van der Waals surface area contributed by atoms with E-state index in [9.17, 15) is 0 Å². The van der Waals surface area contributed by atoms with Crippen LogP contribution in [0.2, 0.25) is 0 Å². The van der Waals surface area contributed by atoms with Crippen LogP contribution in [-0.4, -0.2) is 0 Å². The van der Waals surface area contributed by atoms with Crippen LogP contribution in [0.4, 0.5) is 0 Å². The summed E-state index contributed by atoms with van der Waals surface area (Å²) in [5.74, 6) is 0. The van der Waals surface area contributed by atoms with Crippen molar-refractivity contribution < 1.29 is 20.3 Å². The fraction of sp³-hybridized carbons (Fsp3) is 0. The first kappa shape index (κ1) is 29.1. The van der Waals surface area contributed by atoms with Crippen LogP contribution in [0.1, 0.15) is 1.43 Å². The summed E-state index contributed by atoms with van der Waals surface area (Å²) in [6.07, 6.45) is 0. The largest absolute Gasteiger partial charge is 1.00 e. The van der Waals surface area contributed by atoms with Gasteiger partial charge in [-0.2, -0.15) is 0 Å². The quantitative estimate of drug-likeness (QED) is 0.280. The maximum Gasteiger partial charge on any atom is 1.00 e. The summed E-state index contributed by atoms with van der Waals surface area (Å²) in [7, 11) is 0. The Kier molecular flexibility index (Phi) is 16800. The van der Waals surface area contributed by atoms with Gasteiger partial charge in [0, 0.05) is 0 Å². The second-order valence-corrected chi connectivity index (χ2v) is 0. The monoisotopic (exact) mass is 92.1 g/mol. The SMILES string of the molecule is C=C.C=C.C=C.[H-].[Li+]. The van der Waals surface area contributed by atoms with E-state index in [4.69, 9.17) is 0 Å². The maximum absolute atomic E-state index is 3.00. The van der Waals surface area contributed by atoms with Crippen LogP contribution in [-0.2, 0) is 0 Å². The Bertz CT molecular complexity index is 13.2. The zero-order chi connectivity index (χ0) is 6.00. The molecule has 0 aromatic carbocycles. The van der Waals surface area contributed by atoms with Gasteiger partial charge in [-0.3, -0.25) is 0 Å². The van der Waals surface area contributed by atoms with Crippen LogP contribution in [0.5, 0.6) is 0 Å². The molecule has 0 aliphatic carbocycles. The Morgan fingerprint density at radius 3 is 0.571 bits per heavy atom. The van der Waals surface area contributed by atoms with Gasteiger partial charge in [0.15, 0.2) is 0 Å². The molecule has 0 saturated carbocycles. The van der Waals surface area contributed by atoms with Crippen molar-refractivity contribution in [1.82, 2.24) is 0 Å². The molecule has 0 rings (SSSR count). The van der Waals surface area contributed by atoms with Gasteiger partial charge in [0.2, 0.25) is 0 Å². The summed E-state index contributed by atoms with van der Waals surface area (Å²) in [5.41, 5.74) is 0. The van der Waals surface area contributed by atoms with Crippen molar-refractivity contribution in [3.05, 3.63) is 39.5 Å². The third-order valence-electron chi connectivity index (χ3n) is 0. The zero-order valence-electron chi connectivity index (χ0n) is 6.24. The first-order valence-corrected chi connectivity index (χ1v) is 1.50. The zero-order valence-corrected chi connectivity index (χ0v) is 5.24. The summed E-state index contributed by atoms with van der Waals surface area (Å²) in [4.78, 5) is 0. The van der Waals surface area contributed by atoms with E-state index in [0.29, 0.717) is 0 Å². The minimum Gasteiger partial charge on any atom is -1.00 e. The summed E-state index contributed by atoms with van der Waals surface area (Å²) < 4.78 is 0. The normalized spacial score (nSPS) is 1.71. The summed E-state index contributed by atoms with van der Waals surface area (Å²) >= 11 is 0. The van der Waals surface area contributed by atoms with Crippen LogP contribution in [0.3, 0.4) is 0 Å². The van der Waals surface area contributed by atoms with Crippen molar-refractivity contribution in [2.75, 3.05) is 0 Å². The number of hydrogen-bond acceptors (Lipinski definition) is 0. The van der Waals surface area contributed by atoms with E-state index >= 15 is 0 Å². The molecular formula is C6H13Li. The van der Waals surface area contributed by atoms with Crippen LogP contribution in [0.15, 0.2) is 39.5 Å². The molecule has 0 amide bonds. The molecule has 0 saturated heterocycles. The molecule has 38 valence electrons. The topological polar surface area (TPSA) is 0 Å². The standard InChI is InChI=1S/3C2H4.Li.H/c3*1-2;;/h3*1-2H2;;/q;;;+1;-1. The van der Waals surface area contributed by atoms with E-state index in [0.717, 1.165) is 0 Å². The summed E-state index contributed by atoms with van der Waals surface area (Å²) in [6, 6.07) is 0. The van der Waals surface area contributed by atoms with Crippen LogP contribution >= 0.6 is 0 Å². The average Bonchev–Trinajstić information content (AvgIpc) is 1.81. The van der Waals surface area contributed by atoms with Gasteiger partial charge >= 0.3 is 18.9 Å². The number of hydrogen-bond donors (Lipinski definition) is 0. The Morgan fingerprint density at radius 2 is 0.571 bits per heavy atom. The van der Waals surface area contributed by atoms with Crippen LogP contribution < -0.4 is 18.9 Å². The summed E-state index contributed by atoms with van der Waals surface area (Å²) in [6.45, 7) is 18.0. The fourth-order valence-electron chi connectivity index (χ4n) is 0. The molecule has 0 N–H and O–H groups in total. The van der Waals surface area contributed by atoms with E-state index in [1.54, 1.807) is 0 Å². The molecule has 0 aromatic rings. The minimum atomic E-state index is 0.